The second-order valence-electron chi connectivity index (χ2n) is 6.77. The normalized spacial score (nSPS) is 10.7. The number of methoxy groups -OCH3 is 1. The van der Waals surface area contributed by atoms with Crippen LogP contribution in [0.2, 0.25) is 0 Å². The molecule has 152 valence electrons. The Morgan fingerprint density at radius 1 is 1.07 bits per heavy atom. The molecule has 2 amide bonds. The van der Waals surface area contributed by atoms with Gasteiger partial charge in [-0.05, 0) is 24.6 Å². The maximum atomic E-state index is 13.0. The van der Waals surface area contributed by atoms with Crippen LogP contribution in [0.3, 0.4) is 0 Å². The van der Waals surface area contributed by atoms with Gasteiger partial charge >= 0.3 is 6.03 Å². The summed E-state index contributed by atoms with van der Waals surface area (Å²) >= 11 is 0. The Balaban J connectivity index is 1.87. The highest BCUT2D eigenvalue weighted by atomic mass is 16.5. The molecule has 1 aromatic heterocycles. The van der Waals surface area contributed by atoms with E-state index >= 15 is 0 Å². The van der Waals surface area contributed by atoms with Gasteiger partial charge in [0.1, 0.15) is 5.69 Å². The highest BCUT2D eigenvalue weighted by molar-refractivity contribution is 5.89. The van der Waals surface area contributed by atoms with E-state index in [0.717, 1.165) is 11.3 Å². The average Bonchev–Trinajstić information content (AvgIpc) is 2.95. The fraction of sp³-hybridized carbons (Fsp3) is 0.273. The molecule has 0 aliphatic heterocycles. The molecule has 0 aliphatic carbocycles. The molecule has 0 fully saturated rings. The minimum absolute atomic E-state index is 0.268. The number of nitrogens with zero attached hydrogens (tertiary/aromatic N) is 3. The Morgan fingerprint density at radius 3 is 2.31 bits per heavy atom. The predicted octanol–water partition coefficient (Wildman–Crippen LogP) is 3.16. The number of hydrogen-bond donors (Lipinski definition) is 1. The number of benzene rings is 2. The van der Waals surface area contributed by atoms with E-state index in [0.29, 0.717) is 25.4 Å². The lowest BCUT2D eigenvalue weighted by Crippen LogP contribution is -2.38. The molecule has 3 rings (SSSR count). The molecule has 1 N–H and O–H groups in total. The van der Waals surface area contributed by atoms with Crippen molar-refractivity contribution in [3.63, 3.8) is 0 Å². The Bertz CT molecular complexity index is 1010. The maximum absolute atomic E-state index is 13.0. The largest absolute Gasteiger partial charge is 0.383 e. The van der Waals surface area contributed by atoms with Crippen LogP contribution in [0.25, 0.3) is 5.69 Å². The SMILES string of the molecule is COCCN(Cc1ccccc1)C(=O)Nc1c(C)n(C)n(-c2ccccc2)c1=O. The molecule has 0 atom stereocenters. The van der Waals surface area contributed by atoms with Gasteiger partial charge in [0.25, 0.3) is 5.56 Å². The van der Waals surface area contributed by atoms with E-state index in [2.05, 4.69) is 5.32 Å². The van der Waals surface area contributed by atoms with E-state index in [1.165, 1.54) is 0 Å². The zero-order chi connectivity index (χ0) is 20.8. The Labute approximate surface area is 170 Å². The minimum atomic E-state index is -0.336. The minimum Gasteiger partial charge on any atom is -0.383 e. The molecule has 7 heteroatoms. The number of rotatable bonds is 7. The van der Waals surface area contributed by atoms with E-state index in [4.69, 9.17) is 4.74 Å². The molecule has 1 heterocycles. The zero-order valence-electron chi connectivity index (χ0n) is 17.0. The number of urea groups is 1. The molecule has 0 aliphatic rings. The van der Waals surface area contributed by atoms with Gasteiger partial charge in [-0.1, -0.05) is 48.5 Å². The van der Waals surface area contributed by atoms with Gasteiger partial charge < -0.3 is 15.0 Å². The molecule has 7 nitrogen and oxygen atoms in total. The maximum Gasteiger partial charge on any atom is 0.322 e. The monoisotopic (exact) mass is 394 g/mol. The van der Waals surface area contributed by atoms with Crippen LogP contribution < -0.4 is 10.9 Å². The summed E-state index contributed by atoms with van der Waals surface area (Å²) in [4.78, 5) is 27.6. The number of aromatic nitrogens is 2. The second kappa shape index (κ2) is 9.25. The molecule has 0 bridgehead atoms. The van der Waals surface area contributed by atoms with Gasteiger partial charge in [0.05, 0.1) is 18.0 Å². The third-order valence-electron chi connectivity index (χ3n) is 4.85. The van der Waals surface area contributed by atoms with Gasteiger partial charge in [0.2, 0.25) is 0 Å². The van der Waals surface area contributed by atoms with Crippen molar-refractivity contribution in [1.29, 1.82) is 0 Å². The second-order valence-corrected chi connectivity index (χ2v) is 6.77. The van der Waals surface area contributed by atoms with Crippen molar-refractivity contribution >= 4 is 11.7 Å². The molecule has 2 aromatic carbocycles. The first-order valence-electron chi connectivity index (χ1n) is 9.45. The summed E-state index contributed by atoms with van der Waals surface area (Å²) in [5.74, 6) is 0. The third-order valence-corrected chi connectivity index (χ3v) is 4.85. The predicted molar refractivity (Wildman–Crippen MR) is 113 cm³/mol. The topological polar surface area (TPSA) is 68.5 Å². The Morgan fingerprint density at radius 2 is 1.69 bits per heavy atom. The molecule has 0 saturated heterocycles. The summed E-state index contributed by atoms with van der Waals surface area (Å²) in [6, 6.07) is 18.7. The number of anilines is 1. The van der Waals surface area contributed by atoms with Crippen LogP contribution in [0.1, 0.15) is 11.3 Å². The summed E-state index contributed by atoms with van der Waals surface area (Å²) in [5.41, 5.74) is 2.43. The molecular formula is C22H26N4O3. The summed E-state index contributed by atoms with van der Waals surface area (Å²) in [6.07, 6.45) is 0. The molecule has 0 unspecified atom stereocenters. The van der Waals surface area contributed by atoms with E-state index in [9.17, 15) is 9.59 Å². The van der Waals surface area contributed by atoms with Gasteiger partial charge in [0, 0.05) is 27.2 Å². The molecular weight excluding hydrogens is 368 g/mol. The number of hydrogen-bond acceptors (Lipinski definition) is 3. The van der Waals surface area contributed by atoms with Crippen LogP contribution in [0, 0.1) is 6.92 Å². The lowest BCUT2D eigenvalue weighted by molar-refractivity contribution is 0.153. The standard InChI is InChI=1S/C22H26N4O3/c1-17-20(21(27)26(24(17)2)19-12-8-5-9-13-19)23-22(28)25(14-15-29-3)16-18-10-6-4-7-11-18/h4-13H,14-16H2,1-3H3,(H,23,28). The Hall–Kier alpha value is -3.32. The quantitative estimate of drug-likeness (QED) is 0.669. The molecule has 29 heavy (non-hydrogen) atoms. The third kappa shape index (κ3) is 4.57. The first kappa shape index (κ1) is 20.4. The van der Waals surface area contributed by atoms with Crippen molar-refractivity contribution < 1.29 is 9.53 Å². The molecule has 3 aromatic rings. The number of amides is 2. The number of nitrogens with one attached hydrogen (secondary N) is 1. The first-order valence-corrected chi connectivity index (χ1v) is 9.45. The van der Waals surface area contributed by atoms with E-state index < -0.39 is 0 Å². The van der Waals surface area contributed by atoms with Gasteiger partial charge in [0.15, 0.2) is 0 Å². The van der Waals surface area contributed by atoms with Crippen LogP contribution in [0.4, 0.5) is 10.5 Å². The molecule has 0 spiro atoms. The number of carbonyl (C=O) groups is 1. The van der Waals surface area contributed by atoms with Crippen LogP contribution in [-0.4, -0.2) is 40.6 Å². The van der Waals surface area contributed by atoms with Gasteiger partial charge in [-0.15, -0.1) is 0 Å². The van der Waals surface area contributed by atoms with E-state index in [-0.39, 0.29) is 17.3 Å². The molecule has 0 radical (unpaired) electrons. The van der Waals surface area contributed by atoms with Crippen LogP contribution in [-0.2, 0) is 18.3 Å². The first-order chi connectivity index (χ1) is 14.0. The number of carbonyl (C=O) groups excluding carboxylic acids is 1. The van der Waals surface area contributed by atoms with Crippen molar-refractivity contribution in [2.45, 2.75) is 13.5 Å². The van der Waals surface area contributed by atoms with Crippen LogP contribution >= 0.6 is 0 Å². The van der Waals surface area contributed by atoms with Crippen LogP contribution in [0.5, 0.6) is 0 Å². The average molecular weight is 394 g/mol. The van der Waals surface area contributed by atoms with E-state index in [1.807, 2.05) is 67.6 Å². The molecule has 0 saturated carbocycles. The summed E-state index contributed by atoms with van der Waals surface area (Å²) < 4.78 is 8.43. The van der Waals surface area contributed by atoms with Gasteiger partial charge in [-0.2, -0.15) is 0 Å². The fourth-order valence-electron chi connectivity index (χ4n) is 3.16. The van der Waals surface area contributed by atoms with Crippen molar-refractivity contribution in [3.8, 4) is 5.69 Å². The van der Waals surface area contributed by atoms with Crippen molar-refractivity contribution in [1.82, 2.24) is 14.3 Å². The highest BCUT2D eigenvalue weighted by Gasteiger charge is 2.21. The summed E-state index contributed by atoms with van der Waals surface area (Å²) in [5, 5.41) is 2.82. The van der Waals surface area contributed by atoms with Crippen LogP contribution in [0.15, 0.2) is 65.5 Å². The van der Waals surface area contributed by atoms with Gasteiger partial charge in [-0.3, -0.25) is 9.48 Å². The van der Waals surface area contributed by atoms with Crippen molar-refractivity contribution in [3.05, 3.63) is 82.3 Å². The number of ether oxygens (including phenoxy) is 1. The van der Waals surface area contributed by atoms with Crippen molar-refractivity contribution in [2.75, 3.05) is 25.6 Å². The zero-order valence-corrected chi connectivity index (χ0v) is 17.0. The summed E-state index contributed by atoms with van der Waals surface area (Å²) in [7, 11) is 3.39. The fourth-order valence-corrected chi connectivity index (χ4v) is 3.16. The smallest absolute Gasteiger partial charge is 0.322 e. The number of para-hydroxylation sites is 1. The highest BCUT2D eigenvalue weighted by Crippen LogP contribution is 2.15. The Kier molecular flexibility index (Phi) is 6.51. The van der Waals surface area contributed by atoms with Gasteiger partial charge in [-0.25, -0.2) is 9.48 Å². The lowest BCUT2D eigenvalue weighted by Gasteiger charge is -2.22. The van der Waals surface area contributed by atoms with E-state index in [1.54, 1.807) is 28.4 Å². The van der Waals surface area contributed by atoms with Crippen molar-refractivity contribution in [2.24, 2.45) is 7.05 Å². The summed E-state index contributed by atoms with van der Waals surface area (Å²) in [6.45, 7) is 3.06. The lowest BCUT2D eigenvalue weighted by atomic mass is 10.2.